The number of carbonyl (C=O) groups is 3. The molecule has 2 fully saturated rings. The third kappa shape index (κ3) is 10.8. The summed E-state index contributed by atoms with van der Waals surface area (Å²) in [4.78, 5) is 39.3. The van der Waals surface area contributed by atoms with E-state index in [0.29, 0.717) is 11.8 Å². The predicted molar refractivity (Wildman–Crippen MR) is 128 cm³/mol. The van der Waals surface area contributed by atoms with Crippen LogP contribution in [0.5, 0.6) is 0 Å². The van der Waals surface area contributed by atoms with Gasteiger partial charge in [-0.25, -0.2) is 9.59 Å². The number of pyridine rings is 1. The van der Waals surface area contributed by atoms with E-state index >= 15 is 0 Å². The van der Waals surface area contributed by atoms with Crippen LogP contribution in [0.4, 0.5) is 26.3 Å². The van der Waals surface area contributed by atoms with Crippen LogP contribution < -0.4 is 0 Å². The molecule has 1 amide bonds. The lowest BCUT2D eigenvalue weighted by molar-refractivity contribution is -0.193. The van der Waals surface area contributed by atoms with Crippen LogP contribution in [0.3, 0.4) is 0 Å². The molecule has 2 aliphatic heterocycles. The maximum absolute atomic E-state index is 12.7. The van der Waals surface area contributed by atoms with E-state index in [2.05, 4.69) is 31.6 Å². The summed E-state index contributed by atoms with van der Waals surface area (Å²) in [6.45, 7) is 5.16. The van der Waals surface area contributed by atoms with Gasteiger partial charge in [-0.2, -0.15) is 37.7 Å². The Labute approximate surface area is 223 Å². The quantitative estimate of drug-likeness (QED) is 0.511. The van der Waals surface area contributed by atoms with Crippen molar-refractivity contribution < 1.29 is 50.9 Å². The molecule has 0 bridgehead atoms. The van der Waals surface area contributed by atoms with E-state index in [0.717, 1.165) is 44.7 Å². The second-order valence-corrected chi connectivity index (χ2v) is 9.94. The highest BCUT2D eigenvalue weighted by atomic mass is 32.1. The largest absolute Gasteiger partial charge is 0.490 e. The Morgan fingerprint density at radius 1 is 0.949 bits per heavy atom. The van der Waals surface area contributed by atoms with Gasteiger partial charge in [-0.05, 0) is 59.8 Å². The van der Waals surface area contributed by atoms with Gasteiger partial charge < -0.3 is 15.1 Å². The number of likely N-dealkylation sites (tertiary alicyclic amines) is 2. The number of thiophene rings is 1. The van der Waals surface area contributed by atoms with Crippen molar-refractivity contribution in [2.45, 2.75) is 44.6 Å². The summed E-state index contributed by atoms with van der Waals surface area (Å²) < 4.78 is 63.5. The normalized spacial score (nSPS) is 19.5. The molecule has 0 saturated carbocycles. The molecule has 2 aromatic rings. The summed E-state index contributed by atoms with van der Waals surface area (Å²) in [7, 11) is 0. The summed E-state index contributed by atoms with van der Waals surface area (Å²) in [5.41, 5.74) is 2.73. The fourth-order valence-corrected chi connectivity index (χ4v) is 5.01. The third-order valence-corrected chi connectivity index (χ3v) is 6.81. The molecule has 2 saturated heterocycles. The Bertz CT molecular complexity index is 1060. The summed E-state index contributed by atoms with van der Waals surface area (Å²) in [5.74, 6) is -5.26. The minimum absolute atomic E-state index is 0.253. The van der Waals surface area contributed by atoms with E-state index in [1.807, 2.05) is 12.1 Å². The van der Waals surface area contributed by atoms with Crippen LogP contribution in [-0.2, 0) is 27.3 Å². The zero-order chi connectivity index (χ0) is 29.3. The minimum atomic E-state index is -5.08. The van der Waals surface area contributed by atoms with Gasteiger partial charge in [0.05, 0.1) is 6.42 Å². The molecule has 2 aromatic heterocycles. The monoisotopic (exact) mass is 583 g/mol. The van der Waals surface area contributed by atoms with E-state index in [9.17, 15) is 31.1 Å². The summed E-state index contributed by atoms with van der Waals surface area (Å²) in [5, 5.41) is 18.6. The van der Waals surface area contributed by atoms with Gasteiger partial charge in [0.2, 0.25) is 5.91 Å². The molecule has 0 radical (unpaired) electrons. The summed E-state index contributed by atoms with van der Waals surface area (Å²) in [6.07, 6.45) is -2.54. The van der Waals surface area contributed by atoms with Gasteiger partial charge in [0.15, 0.2) is 0 Å². The second-order valence-electron chi connectivity index (χ2n) is 9.15. The van der Waals surface area contributed by atoms with Gasteiger partial charge in [-0.1, -0.05) is 6.07 Å². The molecule has 4 rings (SSSR count). The van der Waals surface area contributed by atoms with Gasteiger partial charge in [0.1, 0.15) is 0 Å². The fraction of sp³-hybridized carbons (Fsp3) is 0.500. The van der Waals surface area contributed by atoms with Crippen molar-refractivity contribution in [3.05, 3.63) is 52.5 Å². The standard InChI is InChI=1S/C20H25N3OS.2C2HF3O2/c24-19(11-17-3-1-7-21-12-17)23-8-2-5-20(16-23)6-9-22(15-20)13-18-4-10-25-14-18;2*3-2(4,5)1(6)7/h1,3-4,7,10,12,14H,2,5-6,8-9,11,13,15-16H2;2*(H,6,7). The lowest BCUT2D eigenvalue weighted by Crippen LogP contribution is -2.47. The predicted octanol–water partition coefficient (Wildman–Crippen LogP) is 4.47. The van der Waals surface area contributed by atoms with Gasteiger partial charge in [0, 0.05) is 44.0 Å². The summed E-state index contributed by atoms with van der Waals surface area (Å²) >= 11 is 1.77. The molecule has 4 heterocycles. The molecule has 39 heavy (non-hydrogen) atoms. The molecule has 1 spiro atoms. The Kier molecular flexibility index (Phi) is 11.3. The van der Waals surface area contributed by atoms with Crippen molar-refractivity contribution in [3.63, 3.8) is 0 Å². The molecule has 8 nitrogen and oxygen atoms in total. The first kappa shape index (κ1) is 32.0. The average Bonchev–Trinajstić information content (AvgIpc) is 3.50. The number of amides is 1. The van der Waals surface area contributed by atoms with Gasteiger partial charge in [0.25, 0.3) is 0 Å². The Hall–Kier alpha value is -3.20. The average molecular weight is 584 g/mol. The molecule has 216 valence electrons. The maximum atomic E-state index is 12.7. The van der Waals surface area contributed by atoms with Crippen LogP contribution in [0.25, 0.3) is 0 Å². The molecular weight excluding hydrogens is 556 g/mol. The van der Waals surface area contributed by atoms with Crippen molar-refractivity contribution >= 4 is 29.2 Å². The molecule has 1 atom stereocenters. The fourth-order valence-electron chi connectivity index (χ4n) is 4.35. The SMILES string of the molecule is O=C(Cc1cccnc1)N1CCCC2(CCN(Cc3ccsc3)C2)C1.O=C(O)C(F)(F)F.O=C(O)C(F)(F)F. The van der Waals surface area contributed by atoms with E-state index < -0.39 is 24.3 Å². The number of aromatic nitrogens is 1. The van der Waals surface area contributed by atoms with Crippen LogP contribution in [-0.4, -0.2) is 81.4 Å². The highest BCUT2D eigenvalue weighted by Gasteiger charge is 2.42. The molecule has 2 aliphatic rings. The number of piperidine rings is 1. The lowest BCUT2D eigenvalue weighted by Gasteiger charge is -2.40. The molecule has 2 N–H and O–H groups in total. The van der Waals surface area contributed by atoms with Crippen molar-refractivity contribution in [1.82, 2.24) is 14.8 Å². The smallest absolute Gasteiger partial charge is 0.475 e. The first-order valence-electron chi connectivity index (χ1n) is 11.6. The van der Waals surface area contributed by atoms with Crippen LogP contribution in [0.1, 0.15) is 30.4 Å². The lowest BCUT2D eigenvalue weighted by atomic mass is 9.79. The number of carboxylic acid groups (broad SMARTS) is 2. The van der Waals surface area contributed by atoms with Gasteiger partial charge >= 0.3 is 24.3 Å². The van der Waals surface area contributed by atoms with E-state index in [4.69, 9.17) is 19.8 Å². The number of nitrogens with zero attached hydrogens (tertiary/aromatic N) is 3. The van der Waals surface area contributed by atoms with Crippen LogP contribution in [0.2, 0.25) is 0 Å². The molecular formula is C24H27F6N3O5S. The number of carboxylic acids is 2. The van der Waals surface area contributed by atoms with Crippen molar-refractivity contribution in [2.24, 2.45) is 5.41 Å². The van der Waals surface area contributed by atoms with Crippen molar-refractivity contribution in [3.8, 4) is 0 Å². The summed E-state index contributed by atoms with van der Waals surface area (Å²) in [6, 6.07) is 6.11. The Morgan fingerprint density at radius 2 is 1.59 bits per heavy atom. The number of halogens is 6. The topological polar surface area (TPSA) is 111 Å². The second kappa shape index (κ2) is 13.7. The van der Waals surface area contributed by atoms with Crippen molar-refractivity contribution in [1.29, 1.82) is 0 Å². The number of hydrogen-bond donors (Lipinski definition) is 2. The molecule has 15 heteroatoms. The third-order valence-electron chi connectivity index (χ3n) is 6.08. The number of rotatable bonds is 4. The van der Waals surface area contributed by atoms with Gasteiger partial charge in [-0.15, -0.1) is 0 Å². The zero-order valence-corrected chi connectivity index (χ0v) is 21.4. The minimum Gasteiger partial charge on any atom is -0.475 e. The number of carbonyl (C=O) groups excluding carboxylic acids is 1. The van der Waals surface area contributed by atoms with E-state index in [1.165, 1.54) is 18.4 Å². The van der Waals surface area contributed by atoms with Crippen LogP contribution in [0, 0.1) is 5.41 Å². The van der Waals surface area contributed by atoms with E-state index in [1.54, 1.807) is 23.7 Å². The van der Waals surface area contributed by atoms with Crippen LogP contribution in [0.15, 0.2) is 41.4 Å². The number of hydrogen-bond acceptors (Lipinski definition) is 6. The number of alkyl halides is 6. The Morgan fingerprint density at radius 3 is 2.10 bits per heavy atom. The molecule has 0 aliphatic carbocycles. The highest BCUT2D eigenvalue weighted by molar-refractivity contribution is 7.07. The van der Waals surface area contributed by atoms with Crippen LogP contribution >= 0.6 is 11.3 Å². The maximum Gasteiger partial charge on any atom is 0.490 e. The van der Waals surface area contributed by atoms with E-state index in [-0.39, 0.29) is 5.91 Å². The molecule has 0 aromatic carbocycles. The first-order chi connectivity index (χ1) is 18.1. The van der Waals surface area contributed by atoms with Crippen molar-refractivity contribution in [2.75, 3.05) is 26.2 Å². The highest BCUT2D eigenvalue weighted by Crippen LogP contribution is 2.39. The first-order valence-corrected chi connectivity index (χ1v) is 12.6. The Balaban J connectivity index is 0.000000317. The van der Waals surface area contributed by atoms with Gasteiger partial charge in [-0.3, -0.25) is 14.7 Å². The zero-order valence-electron chi connectivity index (χ0n) is 20.5. The molecule has 1 unspecified atom stereocenters. The number of aliphatic carboxylic acids is 2.